The third kappa shape index (κ3) is 2.00. The molecule has 0 aromatic heterocycles. The van der Waals surface area contributed by atoms with E-state index in [0.717, 1.165) is 0 Å². The highest BCUT2D eigenvalue weighted by molar-refractivity contribution is 5.72. The molecule has 0 heterocycles. The van der Waals surface area contributed by atoms with Crippen LogP contribution in [0.1, 0.15) is 13.8 Å². The Balaban J connectivity index is 4.27. The molecule has 0 radical (unpaired) electrons. The smallest absolute Gasteiger partial charge is 0.379 e. The number of carbonyl (C=O) groups is 1. The number of carboxylic acid groups (broad SMARTS) is 1. The first-order valence-corrected chi connectivity index (χ1v) is 2.83. The summed E-state index contributed by atoms with van der Waals surface area (Å²) < 4.78 is 0. The molecule has 0 aliphatic rings. The fraction of sp³-hybridized carbons (Fsp3) is 0.800. The van der Waals surface area contributed by atoms with Crippen molar-refractivity contribution in [2.45, 2.75) is 19.9 Å². The molecule has 5 heteroatoms. The summed E-state index contributed by atoms with van der Waals surface area (Å²) in [6.45, 7) is 3.00. The third-order valence-corrected chi connectivity index (χ3v) is 1.11. The first-order valence-electron chi connectivity index (χ1n) is 2.83. The SMILES string of the molecule is CC(C)C(C(=O)O)[N+](=O)[O-]. The molecular formula is C5H9NO4. The summed E-state index contributed by atoms with van der Waals surface area (Å²) in [5.41, 5.74) is 0. The summed E-state index contributed by atoms with van der Waals surface area (Å²) in [6, 6.07) is -1.47. The van der Waals surface area contributed by atoms with Crippen LogP contribution >= 0.6 is 0 Å². The molecule has 0 aliphatic heterocycles. The van der Waals surface area contributed by atoms with Crippen LogP contribution in [0.2, 0.25) is 0 Å². The van der Waals surface area contributed by atoms with Crippen molar-refractivity contribution < 1.29 is 14.8 Å². The molecule has 58 valence electrons. The van der Waals surface area contributed by atoms with E-state index >= 15 is 0 Å². The van der Waals surface area contributed by atoms with E-state index in [4.69, 9.17) is 5.11 Å². The molecule has 5 nitrogen and oxygen atoms in total. The van der Waals surface area contributed by atoms with Gasteiger partial charge in [-0.05, 0) is 0 Å². The van der Waals surface area contributed by atoms with Gasteiger partial charge < -0.3 is 5.11 Å². The van der Waals surface area contributed by atoms with Gasteiger partial charge in [0.05, 0.1) is 0 Å². The fourth-order valence-electron chi connectivity index (χ4n) is 0.619. The van der Waals surface area contributed by atoms with Crippen LogP contribution in [0.15, 0.2) is 0 Å². The monoisotopic (exact) mass is 147 g/mol. The van der Waals surface area contributed by atoms with Gasteiger partial charge in [-0.1, -0.05) is 13.8 Å². The van der Waals surface area contributed by atoms with Gasteiger partial charge in [-0.15, -0.1) is 0 Å². The van der Waals surface area contributed by atoms with Gasteiger partial charge in [0.15, 0.2) is 0 Å². The summed E-state index contributed by atoms with van der Waals surface area (Å²) in [5, 5.41) is 18.3. The Kier molecular flexibility index (Phi) is 2.79. The normalized spacial score (nSPS) is 13.1. The Morgan fingerprint density at radius 2 is 2.00 bits per heavy atom. The quantitative estimate of drug-likeness (QED) is 0.462. The number of aliphatic carboxylic acids is 1. The molecule has 0 bridgehead atoms. The molecule has 0 spiro atoms. The van der Waals surface area contributed by atoms with Crippen molar-refractivity contribution in [3.05, 3.63) is 10.1 Å². The molecule has 0 fully saturated rings. The second kappa shape index (κ2) is 3.14. The molecule has 0 rings (SSSR count). The van der Waals surface area contributed by atoms with E-state index in [1.165, 1.54) is 13.8 Å². The number of carboxylic acids is 1. The van der Waals surface area contributed by atoms with Crippen molar-refractivity contribution in [3.63, 3.8) is 0 Å². The largest absolute Gasteiger partial charge is 0.476 e. The van der Waals surface area contributed by atoms with E-state index in [2.05, 4.69) is 0 Å². The molecule has 0 saturated carbocycles. The van der Waals surface area contributed by atoms with E-state index in [0.29, 0.717) is 0 Å². The first kappa shape index (κ1) is 8.87. The predicted molar refractivity (Wildman–Crippen MR) is 33.3 cm³/mol. The molecule has 0 saturated heterocycles. The van der Waals surface area contributed by atoms with Crippen LogP contribution in [0.25, 0.3) is 0 Å². The highest BCUT2D eigenvalue weighted by Crippen LogP contribution is 2.04. The zero-order valence-corrected chi connectivity index (χ0v) is 5.77. The number of hydrogen-bond acceptors (Lipinski definition) is 3. The summed E-state index contributed by atoms with van der Waals surface area (Å²) in [7, 11) is 0. The lowest BCUT2D eigenvalue weighted by Crippen LogP contribution is -2.34. The topological polar surface area (TPSA) is 80.4 Å². The number of nitrogens with zero attached hydrogens (tertiary/aromatic N) is 1. The van der Waals surface area contributed by atoms with Gasteiger partial charge in [0, 0.05) is 10.8 Å². The van der Waals surface area contributed by atoms with Crippen LogP contribution in [0, 0.1) is 16.0 Å². The highest BCUT2D eigenvalue weighted by atomic mass is 16.6. The van der Waals surface area contributed by atoms with Gasteiger partial charge in [-0.3, -0.25) is 10.1 Å². The van der Waals surface area contributed by atoms with E-state index in [1.807, 2.05) is 0 Å². The average molecular weight is 147 g/mol. The molecule has 0 aliphatic carbocycles. The van der Waals surface area contributed by atoms with Crippen molar-refractivity contribution in [2.24, 2.45) is 5.92 Å². The summed E-state index contributed by atoms with van der Waals surface area (Å²) >= 11 is 0. The van der Waals surface area contributed by atoms with E-state index in [1.54, 1.807) is 0 Å². The number of rotatable bonds is 3. The lowest BCUT2D eigenvalue weighted by molar-refractivity contribution is -0.517. The highest BCUT2D eigenvalue weighted by Gasteiger charge is 2.32. The van der Waals surface area contributed by atoms with Crippen molar-refractivity contribution >= 4 is 5.97 Å². The molecule has 0 amide bonds. The molecule has 1 atom stereocenters. The molecular weight excluding hydrogens is 138 g/mol. The van der Waals surface area contributed by atoms with Crippen molar-refractivity contribution in [2.75, 3.05) is 0 Å². The average Bonchev–Trinajstić information content (AvgIpc) is 1.59. The summed E-state index contributed by atoms with van der Waals surface area (Å²) in [4.78, 5) is 19.4. The van der Waals surface area contributed by atoms with Crippen molar-refractivity contribution in [1.82, 2.24) is 0 Å². The van der Waals surface area contributed by atoms with Gasteiger partial charge in [0.25, 0.3) is 0 Å². The Morgan fingerprint density at radius 1 is 1.60 bits per heavy atom. The maximum Gasteiger partial charge on any atom is 0.379 e. The predicted octanol–water partition coefficient (Wildman–Crippen LogP) is 0.372. The van der Waals surface area contributed by atoms with E-state index < -0.39 is 22.9 Å². The minimum atomic E-state index is -1.47. The molecule has 10 heavy (non-hydrogen) atoms. The molecule has 1 unspecified atom stereocenters. The van der Waals surface area contributed by atoms with Gasteiger partial charge >= 0.3 is 12.0 Å². The molecule has 1 N–H and O–H groups in total. The van der Waals surface area contributed by atoms with Crippen molar-refractivity contribution in [3.8, 4) is 0 Å². The molecule has 0 aromatic rings. The first-order chi connectivity index (χ1) is 4.46. The Bertz CT molecular complexity index is 140. The Morgan fingerprint density at radius 3 is 2.00 bits per heavy atom. The minimum Gasteiger partial charge on any atom is -0.476 e. The second-order valence-electron chi connectivity index (χ2n) is 2.31. The summed E-state index contributed by atoms with van der Waals surface area (Å²) in [5.74, 6) is -1.84. The minimum absolute atomic E-state index is 0.465. The zero-order chi connectivity index (χ0) is 8.31. The number of nitro groups is 1. The number of hydrogen-bond donors (Lipinski definition) is 1. The van der Waals surface area contributed by atoms with Crippen LogP contribution in [-0.4, -0.2) is 22.0 Å². The van der Waals surface area contributed by atoms with Crippen LogP contribution < -0.4 is 0 Å². The Labute approximate surface area is 57.8 Å². The van der Waals surface area contributed by atoms with E-state index in [-0.39, 0.29) is 0 Å². The van der Waals surface area contributed by atoms with Crippen molar-refractivity contribution in [1.29, 1.82) is 0 Å². The second-order valence-corrected chi connectivity index (χ2v) is 2.31. The Hall–Kier alpha value is -1.13. The van der Waals surface area contributed by atoms with Crippen LogP contribution in [0.4, 0.5) is 0 Å². The lowest BCUT2D eigenvalue weighted by atomic mass is 10.1. The van der Waals surface area contributed by atoms with Gasteiger partial charge in [-0.2, -0.15) is 0 Å². The summed E-state index contributed by atoms with van der Waals surface area (Å²) in [6.07, 6.45) is 0. The van der Waals surface area contributed by atoms with Gasteiger partial charge in [0.2, 0.25) is 0 Å². The van der Waals surface area contributed by atoms with E-state index in [9.17, 15) is 14.9 Å². The van der Waals surface area contributed by atoms with Crippen LogP contribution in [0.5, 0.6) is 0 Å². The third-order valence-electron chi connectivity index (χ3n) is 1.11. The zero-order valence-electron chi connectivity index (χ0n) is 5.77. The maximum absolute atomic E-state index is 10.1. The van der Waals surface area contributed by atoms with Crippen LogP contribution in [-0.2, 0) is 4.79 Å². The lowest BCUT2D eigenvalue weighted by Gasteiger charge is -2.06. The fourth-order valence-corrected chi connectivity index (χ4v) is 0.619. The molecule has 0 aromatic carbocycles. The van der Waals surface area contributed by atoms with Crippen LogP contribution in [0.3, 0.4) is 0 Å². The van der Waals surface area contributed by atoms with Gasteiger partial charge in [-0.25, -0.2) is 4.79 Å². The van der Waals surface area contributed by atoms with Gasteiger partial charge in [0.1, 0.15) is 0 Å². The maximum atomic E-state index is 10.1. The standard InChI is InChI=1S/C5H9NO4/c1-3(2)4(5(7)8)6(9)10/h3-4H,1-2H3,(H,7,8).